The van der Waals surface area contributed by atoms with Crippen LogP contribution in [-0.4, -0.2) is 19.8 Å². The van der Waals surface area contributed by atoms with Gasteiger partial charge in [0.15, 0.2) is 0 Å². The maximum Gasteiger partial charge on any atom is 0.119 e. The summed E-state index contributed by atoms with van der Waals surface area (Å²) in [5.74, 6) is 0.959. The molecule has 3 rings (SSSR count). The van der Waals surface area contributed by atoms with Gasteiger partial charge in [0.2, 0.25) is 0 Å². The molecule has 0 aliphatic carbocycles. The summed E-state index contributed by atoms with van der Waals surface area (Å²) >= 11 is 0. The normalized spacial score (nSPS) is 16.2. The van der Waals surface area contributed by atoms with E-state index in [9.17, 15) is 0 Å². The molecule has 2 heteroatoms. The van der Waals surface area contributed by atoms with Gasteiger partial charge in [0, 0.05) is 5.41 Å². The maximum atomic E-state index is 6.02. The van der Waals surface area contributed by atoms with Gasteiger partial charge in [0.1, 0.15) is 5.75 Å². The highest BCUT2D eigenvalue weighted by Gasteiger charge is 2.34. The smallest absolute Gasteiger partial charge is 0.119 e. The van der Waals surface area contributed by atoms with E-state index in [4.69, 9.17) is 9.47 Å². The third kappa shape index (κ3) is 2.89. The molecule has 0 atom stereocenters. The highest BCUT2D eigenvalue weighted by Crippen LogP contribution is 2.34. The summed E-state index contributed by atoms with van der Waals surface area (Å²) in [4.78, 5) is 0. The van der Waals surface area contributed by atoms with E-state index in [1.165, 1.54) is 27.8 Å². The quantitative estimate of drug-likeness (QED) is 0.814. The van der Waals surface area contributed by atoms with Crippen molar-refractivity contribution in [1.29, 1.82) is 0 Å². The minimum Gasteiger partial charge on any atom is -0.493 e. The van der Waals surface area contributed by atoms with Crippen LogP contribution in [0, 0.1) is 26.2 Å². The van der Waals surface area contributed by atoms with Gasteiger partial charge in [0.25, 0.3) is 0 Å². The van der Waals surface area contributed by atoms with Gasteiger partial charge in [-0.3, -0.25) is 0 Å². The molecule has 0 spiro atoms. The summed E-state index contributed by atoms with van der Waals surface area (Å²) < 4.78 is 11.3. The lowest BCUT2D eigenvalue weighted by molar-refractivity contribution is -0.120. The molecule has 116 valence electrons. The highest BCUT2D eigenvalue weighted by atomic mass is 16.5. The highest BCUT2D eigenvalue weighted by molar-refractivity contribution is 5.74. The van der Waals surface area contributed by atoms with Crippen molar-refractivity contribution in [2.75, 3.05) is 19.8 Å². The fourth-order valence-electron chi connectivity index (χ4n) is 3.08. The second kappa shape index (κ2) is 5.77. The zero-order valence-corrected chi connectivity index (χ0v) is 13.9. The molecule has 1 heterocycles. The number of aryl methyl sites for hydroxylation is 3. The van der Waals surface area contributed by atoms with Crippen molar-refractivity contribution in [2.24, 2.45) is 5.41 Å². The van der Waals surface area contributed by atoms with Crippen molar-refractivity contribution in [3.8, 4) is 16.9 Å². The van der Waals surface area contributed by atoms with E-state index >= 15 is 0 Å². The minimum atomic E-state index is 0.177. The Bertz CT molecular complexity index is 661. The van der Waals surface area contributed by atoms with E-state index < -0.39 is 0 Å². The van der Waals surface area contributed by atoms with E-state index in [0.29, 0.717) is 0 Å². The van der Waals surface area contributed by atoms with Gasteiger partial charge < -0.3 is 9.47 Å². The van der Waals surface area contributed by atoms with Gasteiger partial charge in [0.05, 0.1) is 19.8 Å². The first-order chi connectivity index (χ1) is 10.5. The lowest BCUT2D eigenvalue weighted by atomic mass is 9.90. The lowest BCUT2D eigenvalue weighted by Gasteiger charge is -2.37. The number of benzene rings is 2. The van der Waals surface area contributed by atoms with Gasteiger partial charge in [-0.15, -0.1) is 0 Å². The Morgan fingerprint density at radius 2 is 1.64 bits per heavy atom. The van der Waals surface area contributed by atoms with Crippen LogP contribution in [0.5, 0.6) is 5.75 Å². The Hall–Kier alpha value is -1.80. The van der Waals surface area contributed by atoms with Crippen LogP contribution < -0.4 is 4.74 Å². The zero-order valence-electron chi connectivity index (χ0n) is 13.9. The maximum absolute atomic E-state index is 6.02. The van der Waals surface area contributed by atoms with Gasteiger partial charge in [-0.25, -0.2) is 0 Å². The minimum absolute atomic E-state index is 0.177. The van der Waals surface area contributed by atoms with E-state index in [2.05, 4.69) is 64.1 Å². The molecule has 1 saturated heterocycles. The molecular weight excluding hydrogens is 272 g/mol. The van der Waals surface area contributed by atoms with Crippen molar-refractivity contribution >= 4 is 0 Å². The summed E-state index contributed by atoms with van der Waals surface area (Å²) in [5.41, 5.74) is 6.64. The molecule has 0 N–H and O–H groups in total. The van der Waals surface area contributed by atoms with E-state index in [1.54, 1.807) is 0 Å². The van der Waals surface area contributed by atoms with Crippen molar-refractivity contribution in [1.82, 2.24) is 0 Å². The standard InChI is InChI=1S/C20H24O2/c1-14-7-5-6-8-18(14)19-15(2)9-17(10-16(19)3)22-13-20(4)11-21-12-20/h5-10H,11-13H2,1-4H3. The number of hydrogen-bond donors (Lipinski definition) is 0. The van der Waals surface area contributed by atoms with Crippen LogP contribution in [0.4, 0.5) is 0 Å². The van der Waals surface area contributed by atoms with Crippen LogP contribution in [0.3, 0.4) is 0 Å². The Morgan fingerprint density at radius 3 is 2.18 bits per heavy atom. The van der Waals surface area contributed by atoms with E-state index in [-0.39, 0.29) is 5.41 Å². The molecule has 0 unspecified atom stereocenters. The summed E-state index contributed by atoms with van der Waals surface area (Å²) in [6.45, 7) is 11.0. The first kappa shape index (κ1) is 15.1. The van der Waals surface area contributed by atoms with Crippen LogP contribution in [0.15, 0.2) is 36.4 Å². The molecule has 2 aromatic carbocycles. The molecule has 0 aromatic heterocycles. The van der Waals surface area contributed by atoms with Crippen LogP contribution in [0.2, 0.25) is 0 Å². The van der Waals surface area contributed by atoms with Gasteiger partial charge in [-0.1, -0.05) is 31.2 Å². The number of rotatable bonds is 4. The molecule has 22 heavy (non-hydrogen) atoms. The zero-order chi connectivity index (χ0) is 15.7. The monoisotopic (exact) mass is 296 g/mol. The topological polar surface area (TPSA) is 18.5 Å². The van der Waals surface area contributed by atoms with Gasteiger partial charge >= 0.3 is 0 Å². The molecule has 2 aromatic rings. The third-order valence-corrected chi connectivity index (χ3v) is 4.41. The predicted octanol–water partition coefficient (Wildman–Crippen LogP) is 4.69. The lowest BCUT2D eigenvalue weighted by Crippen LogP contribution is -2.44. The Kier molecular flexibility index (Phi) is 3.96. The molecule has 2 nitrogen and oxygen atoms in total. The van der Waals surface area contributed by atoms with Crippen molar-refractivity contribution in [3.63, 3.8) is 0 Å². The molecule has 0 bridgehead atoms. The molecule has 0 amide bonds. The van der Waals surface area contributed by atoms with Crippen molar-refractivity contribution in [3.05, 3.63) is 53.1 Å². The fraction of sp³-hybridized carbons (Fsp3) is 0.400. The number of ether oxygens (including phenoxy) is 2. The molecule has 1 aliphatic heterocycles. The second-order valence-corrected chi connectivity index (χ2v) is 6.84. The van der Waals surface area contributed by atoms with Crippen molar-refractivity contribution in [2.45, 2.75) is 27.7 Å². The van der Waals surface area contributed by atoms with Crippen molar-refractivity contribution < 1.29 is 9.47 Å². The van der Waals surface area contributed by atoms with Crippen LogP contribution in [0.25, 0.3) is 11.1 Å². The molecule has 1 aliphatic rings. The summed E-state index contributed by atoms with van der Waals surface area (Å²) in [5, 5.41) is 0. The molecule has 0 radical (unpaired) electrons. The summed E-state index contributed by atoms with van der Waals surface area (Å²) in [6, 6.07) is 12.8. The predicted molar refractivity (Wildman–Crippen MR) is 90.5 cm³/mol. The average Bonchev–Trinajstić information content (AvgIpc) is 2.44. The molecule has 1 fully saturated rings. The van der Waals surface area contributed by atoms with Crippen LogP contribution >= 0.6 is 0 Å². The first-order valence-electron chi connectivity index (χ1n) is 7.86. The Balaban J connectivity index is 1.87. The largest absolute Gasteiger partial charge is 0.493 e. The van der Waals surface area contributed by atoms with Crippen LogP contribution in [-0.2, 0) is 4.74 Å². The summed E-state index contributed by atoms with van der Waals surface area (Å²) in [7, 11) is 0. The third-order valence-electron chi connectivity index (χ3n) is 4.41. The SMILES string of the molecule is Cc1ccccc1-c1c(C)cc(OCC2(C)COC2)cc1C. The first-order valence-corrected chi connectivity index (χ1v) is 7.86. The van der Waals surface area contributed by atoms with Gasteiger partial charge in [-0.05, 0) is 60.7 Å². The Labute approximate surface area is 133 Å². The fourth-order valence-corrected chi connectivity index (χ4v) is 3.08. The molecule has 0 saturated carbocycles. The van der Waals surface area contributed by atoms with Gasteiger partial charge in [-0.2, -0.15) is 0 Å². The van der Waals surface area contributed by atoms with Crippen LogP contribution in [0.1, 0.15) is 23.6 Å². The Morgan fingerprint density at radius 1 is 1.00 bits per heavy atom. The second-order valence-electron chi connectivity index (χ2n) is 6.84. The molecular formula is C20H24O2. The number of hydrogen-bond acceptors (Lipinski definition) is 2. The van der Waals surface area contributed by atoms with E-state index in [1.807, 2.05) is 0 Å². The van der Waals surface area contributed by atoms with E-state index in [0.717, 1.165) is 25.6 Å². The summed E-state index contributed by atoms with van der Waals surface area (Å²) in [6.07, 6.45) is 0. The average molecular weight is 296 g/mol.